The van der Waals surface area contributed by atoms with Crippen LogP contribution in [0.4, 0.5) is 5.82 Å². The first-order valence-electron chi connectivity index (χ1n) is 4.83. The van der Waals surface area contributed by atoms with Crippen molar-refractivity contribution in [3.63, 3.8) is 0 Å². The molecule has 0 saturated carbocycles. The second kappa shape index (κ2) is 5.38. The van der Waals surface area contributed by atoms with Gasteiger partial charge in [-0.05, 0) is 33.6 Å². The van der Waals surface area contributed by atoms with Gasteiger partial charge in [0.05, 0.1) is 0 Å². The van der Waals surface area contributed by atoms with E-state index in [0.717, 1.165) is 6.07 Å². The lowest BCUT2D eigenvalue weighted by Crippen LogP contribution is -2.14. The zero-order valence-corrected chi connectivity index (χ0v) is 12.5. The molecule has 0 aromatic carbocycles. The van der Waals surface area contributed by atoms with Gasteiger partial charge in [0, 0.05) is 12.3 Å². The van der Waals surface area contributed by atoms with Crippen LogP contribution in [0.25, 0.3) is 0 Å². The van der Waals surface area contributed by atoms with Crippen molar-refractivity contribution in [2.45, 2.75) is 4.90 Å². The normalized spacial score (nSPS) is 11.3. The third kappa shape index (κ3) is 3.08. The molecule has 0 radical (unpaired) electrons. The summed E-state index contributed by atoms with van der Waals surface area (Å²) in [4.78, 5) is 17.6. The van der Waals surface area contributed by atoms with E-state index in [1.54, 1.807) is 0 Å². The molecule has 20 heavy (non-hydrogen) atoms. The highest BCUT2D eigenvalue weighted by Gasteiger charge is 2.25. The average Bonchev–Trinajstić information content (AvgIpc) is 2.71. The Hall–Kier alpha value is -1.65. The summed E-state index contributed by atoms with van der Waals surface area (Å²) < 4.78 is 30.8. The lowest BCUT2D eigenvalue weighted by molar-refractivity contribution is 0.0661. The summed E-state index contributed by atoms with van der Waals surface area (Å²) in [5.41, 5.74) is 0. The number of carboxylic acids is 1. The van der Waals surface area contributed by atoms with Gasteiger partial charge >= 0.3 is 5.97 Å². The summed E-state index contributed by atoms with van der Waals surface area (Å²) in [7, 11) is -4.08. The van der Waals surface area contributed by atoms with Gasteiger partial charge in [0.25, 0.3) is 10.0 Å². The molecular formula is C9H5BrClN3O5S. The smallest absolute Gasteiger partial charge is 0.371 e. The Bertz CT molecular complexity index is 776. The van der Waals surface area contributed by atoms with Crippen molar-refractivity contribution in [1.82, 2.24) is 9.97 Å². The van der Waals surface area contributed by atoms with Crippen molar-refractivity contribution in [3.8, 4) is 0 Å². The number of aromatic carboxylic acids is 1. The molecule has 2 rings (SSSR count). The number of rotatable bonds is 4. The second-order valence-corrected chi connectivity index (χ2v) is 6.08. The molecule has 0 fully saturated rings. The Morgan fingerprint density at radius 3 is 2.75 bits per heavy atom. The first-order chi connectivity index (χ1) is 9.29. The molecule has 0 spiro atoms. The Balaban J connectivity index is 2.38. The van der Waals surface area contributed by atoms with E-state index in [0.29, 0.717) is 0 Å². The molecule has 0 saturated heterocycles. The Kier molecular flexibility index (Phi) is 3.97. The molecule has 0 aliphatic heterocycles. The van der Waals surface area contributed by atoms with E-state index in [4.69, 9.17) is 21.1 Å². The molecule has 2 aromatic heterocycles. The maximum absolute atomic E-state index is 12.1. The Morgan fingerprint density at radius 1 is 1.50 bits per heavy atom. The van der Waals surface area contributed by atoms with Gasteiger partial charge in [0.2, 0.25) is 11.0 Å². The second-order valence-electron chi connectivity index (χ2n) is 3.37. The van der Waals surface area contributed by atoms with Crippen LogP contribution in [0, 0.1) is 0 Å². The molecule has 2 aromatic rings. The predicted octanol–water partition coefficient (Wildman–Crippen LogP) is 1.98. The summed E-state index contributed by atoms with van der Waals surface area (Å²) in [6, 6.07) is 2.16. The van der Waals surface area contributed by atoms with E-state index in [9.17, 15) is 13.2 Å². The first kappa shape index (κ1) is 14.8. The topological polar surface area (TPSA) is 122 Å². The summed E-state index contributed by atoms with van der Waals surface area (Å²) in [5, 5.41) is 8.61. The zero-order chi connectivity index (χ0) is 14.9. The predicted molar refractivity (Wildman–Crippen MR) is 71.2 cm³/mol. The number of nitrogens with one attached hydrogen (secondary N) is 1. The minimum absolute atomic E-state index is 0.0602. The minimum atomic E-state index is -4.08. The number of sulfonamides is 1. The van der Waals surface area contributed by atoms with Crippen LogP contribution < -0.4 is 4.72 Å². The Labute approximate surface area is 126 Å². The van der Waals surface area contributed by atoms with Gasteiger partial charge < -0.3 is 9.52 Å². The van der Waals surface area contributed by atoms with E-state index in [1.165, 1.54) is 12.3 Å². The summed E-state index contributed by atoms with van der Waals surface area (Å²) in [5.74, 6) is -1.97. The van der Waals surface area contributed by atoms with Gasteiger partial charge in [-0.2, -0.15) is 4.98 Å². The van der Waals surface area contributed by atoms with Crippen LogP contribution in [0.5, 0.6) is 0 Å². The molecular weight excluding hydrogens is 378 g/mol. The lowest BCUT2D eigenvalue weighted by atomic mass is 10.5. The minimum Gasteiger partial charge on any atom is -0.475 e. The maximum Gasteiger partial charge on any atom is 0.371 e. The number of carbonyl (C=O) groups is 1. The van der Waals surface area contributed by atoms with Crippen LogP contribution in [-0.4, -0.2) is 29.5 Å². The number of hydrogen-bond donors (Lipinski definition) is 2. The van der Waals surface area contributed by atoms with Gasteiger partial charge in [-0.15, -0.1) is 0 Å². The molecule has 0 aliphatic carbocycles. The molecule has 0 atom stereocenters. The maximum atomic E-state index is 12.1. The number of carboxylic acid groups (broad SMARTS) is 1. The number of aromatic nitrogens is 2. The van der Waals surface area contributed by atoms with Crippen LogP contribution in [0.3, 0.4) is 0 Å². The van der Waals surface area contributed by atoms with E-state index in [1.807, 2.05) is 0 Å². The first-order valence-corrected chi connectivity index (χ1v) is 7.49. The van der Waals surface area contributed by atoms with Crippen molar-refractivity contribution in [2.24, 2.45) is 0 Å². The summed E-state index contributed by atoms with van der Waals surface area (Å²) in [6.45, 7) is 0. The highest BCUT2D eigenvalue weighted by molar-refractivity contribution is 9.10. The Morgan fingerprint density at radius 2 is 2.20 bits per heavy atom. The molecule has 8 nitrogen and oxygen atoms in total. The number of hydrogen-bond acceptors (Lipinski definition) is 6. The molecule has 0 unspecified atom stereocenters. The molecule has 0 bridgehead atoms. The SMILES string of the molecule is O=C(O)c1cc(S(=O)(=O)Nc2ccnc(Cl)n2)c(Br)o1. The van der Waals surface area contributed by atoms with E-state index in [2.05, 4.69) is 30.6 Å². The van der Waals surface area contributed by atoms with Gasteiger partial charge in [-0.1, -0.05) is 0 Å². The number of anilines is 1. The largest absolute Gasteiger partial charge is 0.475 e. The molecule has 2 N–H and O–H groups in total. The van der Waals surface area contributed by atoms with Crippen LogP contribution in [0.2, 0.25) is 5.28 Å². The van der Waals surface area contributed by atoms with E-state index < -0.39 is 21.8 Å². The molecule has 11 heteroatoms. The van der Waals surface area contributed by atoms with Gasteiger partial charge in [-0.3, -0.25) is 4.72 Å². The molecule has 2 heterocycles. The number of halogens is 2. The third-order valence-corrected chi connectivity index (χ3v) is 4.41. The van der Waals surface area contributed by atoms with Crippen molar-refractivity contribution in [2.75, 3.05) is 4.72 Å². The van der Waals surface area contributed by atoms with Crippen LogP contribution in [0.15, 0.2) is 32.3 Å². The molecule has 0 amide bonds. The number of nitrogens with zero attached hydrogens (tertiary/aromatic N) is 2. The van der Waals surface area contributed by atoms with E-state index in [-0.39, 0.29) is 20.7 Å². The summed E-state index contributed by atoms with van der Waals surface area (Å²) >= 11 is 8.38. The van der Waals surface area contributed by atoms with Crippen molar-refractivity contribution in [1.29, 1.82) is 0 Å². The fraction of sp³-hybridized carbons (Fsp3) is 0. The average molecular weight is 383 g/mol. The fourth-order valence-corrected chi connectivity index (χ4v) is 3.31. The quantitative estimate of drug-likeness (QED) is 0.775. The van der Waals surface area contributed by atoms with E-state index >= 15 is 0 Å². The zero-order valence-electron chi connectivity index (χ0n) is 9.37. The van der Waals surface area contributed by atoms with Gasteiger partial charge in [0.15, 0.2) is 4.67 Å². The highest BCUT2D eigenvalue weighted by atomic mass is 79.9. The van der Waals surface area contributed by atoms with Gasteiger partial charge in [-0.25, -0.2) is 18.2 Å². The van der Waals surface area contributed by atoms with Crippen molar-refractivity contribution in [3.05, 3.63) is 34.0 Å². The number of furan rings is 1. The van der Waals surface area contributed by atoms with Crippen LogP contribution in [0.1, 0.15) is 10.6 Å². The monoisotopic (exact) mass is 381 g/mol. The van der Waals surface area contributed by atoms with Gasteiger partial charge in [0.1, 0.15) is 10.7 Å². The highest BCUT2D eigenvalue weighted by Crippen LogP contribution is 2.27. The standard InChI is InChI=1S/C9H5BrClN3O5S/c10-7-5(3-4(19-7)8(15)16)20(17,18)14-6-1-2-12-9(11)13-6/h1-3H,(H,15,16)(H,12,13,14). The molecule has 106 valence electrons. The lowest BCUT2D eigenvalue weighted by Gasteiger charge is -2.05. The summed E-state index contributed by atoms with van der Waals surface area (Å²) in [6.07, 6.45) is 1.26. The molecule has 0 aliphatic rings. The van der Waals surface area contributed by atoms with Crippen molar-refractivity contribution >= 4 is 49.3 Å². The van der Waals surface area contributed by atoms with Crippen LogP contribution in [-0.2, 0) is 10.0 Å². The van der Waals surface area contributed by atoms with Crippen molar-refractivity contribution < 1.29 is 22.7 Å². The van der Waals surface area contributed by atoms with Crippen LogP contribution >= 0.6 is 27.5 Å². The third-order valence-electron chi connectivity index (χ3n) is 2.02. The fourth-order valence-electron chi connectivity index (χ4n) is 1.23.